The lowest BCUT2D eigenvalue weighted by Crippen LogP contribution is -2.21. The zero-order valence-electron chi connectivity index (χ0n) is 10.2. The summed E-state index contributed by atoms with van der Waals surface area (Å²) in [4.78, 5) is 1.43. The van der Waals surface area contributed by atoms with Gasteiger partial charge >= 0.3 is 0 Å². The molecule has 16 heavy (non-hydrogen) atoms. The summed E-state index contributed by atoms with van der Waals surface area (Å²) < 4.78 is 0. The highest BCUT2D eigenvalue weighted by molar-refractivity contribution is 7.99. The molecule has 2 heterocycles. The van der Waals surface area contributed by atoms with Crippen LogP contribution in [-0.2, 0) is 0 Å². The van der Waals surface area contributed by atoms with Crippen molar-refractivity contribution in [3.8, 4) is 0 Å². The van der Waals surface area contributed by atoms with Gasteiger partial charge in [-0.3, -0.25) is 0 Å². The molecule has 3 heteroatoms. The molecule has 1 aromatic rings. The van der Waals surface area contributed by atoms with E-state index in [0.717, 1.165) is 5.92 Å². The fourth-order valence-electron chi connectivity index (χ4n) is 2.38. The Morgan fingerprint density at radius 1 is 1.44 bits per heavy atom. The highest BCUT2D eigenvalue weighted by atomic mass is 32.2. The summed E-state index contributed by atoms with van der Waals surface area (Å²) in [6.07, 6.45) is 4.13. The predicted octanol–water partition coefficient (Wildman–Crippen LogP) is 3.85. The fourth-order valence-corrected chi connectivity index (χ4v) is 4.35. The van der Waals surface area contributed by atoms with Crippen LogP contribution >= 0.6 is 23.1 Å². The van der Waals surface area contributed by atoms with E-state index in [1.807, 2.05) is 11.3 Å². The maximum atomic E-state index is 3.48. The van der Waals surface area contributed by atoms with Crippen LogP contribution in [0, 0.1) is 12.8 Å². The Bertz CT molecular complexity index is 315. The predicted molar refractivity (Wildman–Crippen MR) is 75.5 cm³/mol. The van der Waals surface area contributed by atoms with E-state index in [-0.39, 0.29) is 0 Å². The summed E-state index contributed by atoms with van der Waals surface area (Å²) in [7, 11) is 2.09. The Morgan fingerprint density at radius 3 is 2.75 bits per heavy atom. The summed E-state index contributed by atoms with van der Waals surface area (Å²) >= 11 is 3.98. The van der Waals surface area contributed by atoms with Crippen molar-refractivity contribution in [2.24, 2.45) is 5.92 Å². The Hall–Kier alpha value is 0.0100. The molecule has 1 fully saturated rings. The van der Waals surface area contributed by atoms with Crippen molar-refractivity contribution >= 4 is 23.1 Å². The number of thiophene rings is 1. The summed E-state index contributed by atoms with van der Waals surface area (Å²) in [5.74, 6) is 3.66. The number of thioether (sulfide) groups is 1. The Kier molecular flexibility index (Phi) is 4.74. The van der Waals surface area contributed by atoms with Crippen molar-refractivity contribution in [1.82, 2.24) is 5.32 Å². The van der Waals surface area contributed by atoms with E-state index in [0.29, 0.717) is 6.04 Å². The largest absolute Gasteiger partial charge is 0.313 e. The molecule has 1 aromatic heterocycles. The monoisotopic (exact) mass is 255 g/mol. The molecule has 1 aliphatic rings. The smallest absolute Gasteiger partial charge is 0.0328 e. The zero-order chi connectivity index (χ0) is 11.4. The molecule has 0 bridgehead atoms. The van der Waals surface area contributed by atoms with Gasteiger partial charge in [-0.15, -0.1) is 11.3 Å². The van der Waals surface area contributed by atoms with E-state index < -0.39 is 0 Å². The second-order valence-corrected chi connectivity index (χ2v) is 6.96. The quantitative estimate of drug-likeness (QED) is 0.877. The molecule has 1 nitrogen and oxygen atoms in total. The van der Waals surface area contributed by atoms with Gasteiger partial charge in [-0.2, -0.15) is 11.8 Å². The highest BCUT2D eigenvalue weighted by Gasteiger charge is 2.19. The van der Waals surface area contributed by atoms with Crippen LogP contribution in [0.2, 0.25) is 0 Å². The van der Waals surface area contributed by atoms with Crippen LogP contribution in [0.5, 0.6) is 0 Å². The minimum absolute atomic E-state index is 0.568. The van der Waals surface area contributed by atoms with E-state index in [4.69, 9.17) is 0 Å². The van der Waals surface area contributed by atoms with E-state index in [9.17, 15) is 0 Å². The Labute approximate surface area is 107 Å². The van der Waals surface area contributed by atoms with E-state index in [2.05, 4.69) is 42.5 Å². The van der Waals surface area contributed by atoms with Crippen molar-refractivity contribution in [3.05, 3.63) is 21.9 Å². The van der Waals surface area contributed by atoms with Gasteiger partial charge in [0.1, 0.15) is 0 Å². The minimum atomic E-state index is 0.568. The fraction of sp³-hybridized carbons (Fsp3) is 0.692. The average Bonchev–Trinajstić information content (AvgIpc) is 2.74. The summed E-state index contributed by atoms with van der Waals surface area (Å²) in [6, 6.07) is 2.90. The molecule has 0 aromatic carbocycles. The molecule has 0 spiro atoms. The molecule has 1 atom stereocenters. The average molecular weight is 255 g/mol. The third-order valence-electron chi connectivity index (χ3n) is 3.41. The molecule has 1 saturated heterocycles. The second-order valence-electron chi connectivity index (χ2n) is 4.62. The molecule has 1 unspecified atom stereocenters. The maximum Gasteiger partial charge on any atom is 0.0328 e. The third kappa shape index (κ3) is 3.25. The van der Waals surface area contributed by atoms with Crippen LogP contribution < -0.4 is 5.32 Å². The standard InChI is InChI=1S/C13H21NS2/c1-10-7-12(9-16-10)13(14-2)8-11-3-5-15-6-4-11/h7,9,11,13-14H,3-6,8H2,1-2H3. The van der Waals surface area contributed by atoms with E-state index >= 15 is 0 Å². The molecule has 0 aliphatic carbocycles. The lowest BCUT2D eigenvalue weighted by atomic mass is 9.92. The van der Waals surface area contributed by atoms with Gasteiger partial charge in [-0.05, 0) is 67.7 Å². The van der Waals surface area contributed by atoms with Crippen molar-refractivity contribution < 1.29 is 0 Å². The molecule has 2 rings (SSSR count). The number of aryl methyl sites for hydroxylation is 1. The third-order valence-corrected chi connectivity index (χ3v) is 5.34. The first-order valence-corrected chi connectivity index (χ1v) is 8.13. The van der Waals surface area contributed by atoms with Crippen LogP contribution in [0.1, 0.15) is 35.7 Å². The van der Waals surface area contributed by atoms with Crippen molar-refractivity contribution in [2.45, 2.75) is 32.2 Å². The molecule has 0 radical (unpaired) electrons. The van der Waals surface area contributed by atoms with Crippen LogP contribution in [0.25, 0.3) is 0 Å². The number of rotatable bonds is 4. The topological polar surface area (TPSA) is 12.0 Å². The van der Waals surface area contributed by atoms with Gasteiger partial charge < -0.3 is 5.32 Å². The van der Waals surface area contributed by atoms with Crippen LogP contribution in [-0.4, -0.2) is 18.6 Å². The SMILES string of the molecule is CNC(CC1CCSCC1)c1csc(C)c1. The van der Waals surface area contributed by atoms with Gasteiger partial charge in [0.25, 0.3) is 0 Å². The van der Waals surface area contributed by atoms with Gasteiger partial charge in [-0.1, -0.05) is 0 Å². The lowest BCUT2D eigenvalue weighted by Gasteiger charge is -2.25. The molecule has 0 saturated carbocycles. The second kappa shape index (κ2) is 6.08. The lowest BCUT2D eigenvalue weighted by molar-refractivity contribution is 0.384. The Balaban J connectivity index is 1.94. The first-order chi connectivity index (χ1) is 7.79. The minimum Gasteiger partial charge on any atom is -0.313 e. The highest BCUT2D eigenvalue weighted by Crippen LogP contribution is 2.32. The first kappa shape index (κ1) is 12.5. The normalized spacial score (nSPS) is 19.9. The molecular weight excluding hydrogens is 234 g/mol. The van der Waals surface area contributed by atoms with E-state index in [1.54, 1.807) is 0 Å². The molecule has 1 N–H and O–H groups in total. The maximum absolute atomic E-state index is 3.48. The summed E-state index contributed by atoms with van der Waals surface area (Å²) in [5.41, 5.74) is 1.49. The molecule has 0 amide bonds. The number of hydrogen-bond donors (Lipinski definition) is 1. The number of nitrogens with one attached hydrogen (secondary N) is 1. The van der Waals surface area contributed by atoms with Gasteiger partial charge in [0.2, 0.25) is 0 Å². The van der Waals surface area contributed by atoms with Crippen molar-refractivity contribution in [1.29, 1.82) is 0 Å². The molecule has 1 aliphatic heterocycles. The van der Waals surface area contributed by atoms with Gasteiger partial charge in [0, 0.05) is 10.9 Å². The van der Waals surface area contributed by atoms with Gasteiger partial charge in [0.15, 0.2) is 0 Å². The van der Waals surface area contributed by atoms with E-state index in [1.165, 1.54) is 41.2 Å². The van der Waals surface area contributed by atoms with Crippen LogP contribution in [0.4, 0.5) is 0 Å². The van der Waals surface area contributed by atoms with Gasteiger partial charge in [-0.25, -0.2) is 0 Å². The number of hydrogen-bond acceptors (Lipinski definition) is 3. The van der Waals surface area contributed by atoms with Crippen molar-refractivity contribution in [3.63, 3.8) is 0 Å². The molecule has 90 valence electrons. The zero-order valence-corrected chi connectivity index (χ0v) is 11.8. The Morgan fingerprint density at radius 2 is 2.19 bits per heavy atom. The molecular formula is C13H21NS2. The van der Waals surface area contributed by atoms with Gasteiger partial charge in [0.05, 0.1) is 0 Å². The van der Waals surface area contributed by atoms with Crippen molar-refractivity contribution in [2.75, 3.05) is 18.6 Å². The van der Waals surface area contributed by atoms with Crippen LogP contribution in [0.3, 0.4) is 0 Å². The first-order valence-electron chi connectivity index (χ1n) is 6.09. The summed E-state index contributed by atoms with van der Waals surface area (Å²) in [6.45, 7) is 2.19. The summed E-state index contributed by atoms with van der Waals surface area (Å²) in [5, 5.41) is 5.79. The van der Waals surface area contributed by atoms with Crippen LogP contribution in [0.15, 0.2) is 11.4 Å².